The zero-order valence-corrected chi connectivity index (χ0v) is 18.2. The average Bonchev–Trinajstić information content (AvgIpc) is 2.62. The maximum absolute atomic E-state index is 12.9. The zero-order chi connectivity index (χ0) is 21.8. The fraction of sp³-hybridized carbons (Fsp3) is 0.300. The molecule has 7 nitrogen and oxygen atoms in total. The molecule has 0 fully saturated rings. The van der Waals surface area contributed by atoms with E-state index in [4.69, 9.17) is 16.3 Å². The molecule has 0 spiro atoms. The van der Waals surface area contributed by atoms with E-state index < -0.39 is 27.9 Å². The summed E-state index contributed by atoms with van der Waals surface area (Å²) < 4.78 is 30.7. The van der Waals surface area contributed by atoms with Gasteiger partial charge in [-0.1, -0.05) is 23.7 Å². The number of nitrogens with zero attached hydrogens (tertiary/aromatic N) is 1. The second kappa shape index (κ2) is 9.28. The molecule has 2 aromatic rings. The number of amides is 1. The van der Waals surface area contributed by atoms with Crippen LogP contribution in [0.3, 0.4) is 0 Å². The van der Waals surface area contributed by atoms with Crippen LogP contribution < -0.4 is 9.62 Å². The summed E-state index contributed by atoms with van der Waals surface area (Å²) in [5.41, 5.74) is 1.68. The van der Waals surface area contributed by atoms with E-state index in [1.165, 1.54) is 19.1 Å². The van der Waals surface area contributed by atoms with Gasteiger partial charge in [0.15, 0.2) is 0 Å². The first kappa shape index (κ1) is 22.7. The van der Waals surface area contributed by atoms with E-state index in [1.54, 1.807) is 44.2 Å². The minimum atomic E-state index is -3.77. The Labute approximate surface area is 175 Å². The van der Waals surface area contributed by atoms with Crippen LogP contribution in [0.1, 0.15) is 29.8 Å². The van der Waals surface area contributed by atoms with Gasteiger partial charge < -0.3 is 10.1 Å². The predicted molar refractivity (Wildman–Crippen MR) is 114 cm³/mol. The highest BCUT2D eigenvalue weighted by Gasteiger charge is 2.29. The van der Waals surface area contributed by atoms with E-state index in [9.17, 15) is 18.0 Å². The van der Waals surface area contributed by atoms with Crippen LogP contribution in [-0.2, 0) is 19.6 Å². The molecule has 0 radical (unpaired) electrons. The molecular formula is C20H23ClN2O5S. The van der Waals surface area contributed by atoms with Crippen molar-refractivity contribution >= 4 is 44.9 Å². The van der Waals surface area contributed by atoms with E-state index in [0.29, 0.717) is 16.3 Å². The minimum absolute atomic E-state index is 0.231. The van der Waals surface area contributed by atoms with Crippen LogP contribution in [0, 0.1) is 6.92 Å². The lowest BCUT2D eigenvalue weighted by Gasteiger charge is -2.28. The first-order valence-electron chi connectivity index (χ1n) is 8.88. The molecule has 0 aliphatic rings. The topological polar surface area (TPSA) is 92.8 Å². The number of benzene rings is 2. The molecule has 29 heavy (non-hydrogen) atoms. The number of sulfonamides is 1. The number of aryl methyl sites for hydroxylation is 1. The summed E-state index contributed by atoms with van der Waals surface area (Å²) in [6.45, 7) is 5.17. The first-order valence-corrected chi connectivity index (χ1v) is 11.1. The Morgan fingerprint density at radius 2 is 1.90 bits per heavy atom. The van der Waals surface area contributed by atoms with E-state index in [2.05, 4.69) is 5.32 Å². The third-order valence-corrected chi connectivity index (χ3v) is 5.63. The summed E-state index contributed by atoms with van der Waals surface area (Å²) in [5.74, 6) is -1.06. The molecule has 1 atom stereocenters. The number of ether oxygens (including phenoxy) is 1. The van der Waals surface area contributed by atoms with Gasteiger partial charge in [0, 0.05) is 10.7 Å². The molecule has 0 aliphatic heterocycles. The Morgan fingerprint density at radius 3 is 2.48 bits per heavy atom. The Kier molecular flexibility index (Phi) is 7.26. The van der Waals surface area contributed by atoms with Crippen LogP contribution in [0.5, 0.6) is 0 Å². The van der Waals surface area contributed by atoms with Crippen LogP contribution in [0.2, 0.25) is 5.02 Å². The number of esters is 1. The van der Waals surface area contributed by atoms with Crippen molar-refractivity contribution in [1.82, 2.24) is 0 Å². The van der Waals surface area contributed by atoms with Gasteiger partial charge >= 0.3 is 5.97 Å². The number of rotatable bonds is 7. The lowest BCUT2D eigenvalue weighted by Crippen LogP contribution is -2.45. The number of anilines is 2. The van der Waals surface area contributed by atoms with E-state index >= 15 is 0 Å². The quantitative estimate of drug-likeness (QED) is 0.666. The van der Waals surface area contributed by atoms with Crippen molar-refractivity contribution in [3.8, 4) is 0 Å². The van der Waals surface area contributed by atoms with Crippen molar-refractivity contribution in [2.45, 2.75) is 26.8 Å². The largest absolute Gasteiger partial charge is 0.462 e. The summed E-state index contributed by atoms with van der Waals surface area (Å²) in [6.07, 6.45) is 1.02. The summed E-state index contributed by atoms with van der Waals surface area (Å²) >= 11 is 5.98. The van der Waals surface area contributed by atoms with Gasteiger partial charge in [0.1, 0.15) is 6.04 Å². The third-order valence-electron chi connectivity index (χ3n) is 4.16. The highest BCUT2D eigenvalue weighted by atomic mass is 35.5. The summed E-state index contributed by atoms with van der Waals surface area (Å²) in [6, 6.07) is 9.96. The molecule has 0 aromatic heterocycles. The van der Waals surface area contributed by atoms with Crippen LogP contribution >= 0.6 is 11.6 Å². The highest BCUT2D eigenvalue weighted by molar-refractivity contribution is 7.92. The molecule has 2 rings (SSSR count). The number of halogens is 1. The van der Waals surface area contributed by atoms with Crippen molar-refractivity contribution in [1.29, 1.82) is 0 Å². The van der Waals surface area contributed by atoms with Gasteiger partial charge in [-0.05, 0) is 56.7 Å². The van der Waals surface area contributed by atoms with Gasteiger partial charge in [0.05, 0.1) is 24.1 Å². The van der Waals surface area contributed by atoms with E-state index in [1.807, 2.05) is 0 Å². The molecule has 0 aliphatic carbocycles. The molecule has 156 valence electrons. The van der Waals surface area contributed by atoms with Gasteiger partial charge in [-0.15, -0.1) is 0 Å². The standard InChI is InChI=1S/C20H23ClN2O5S/c1-5-28-20(25)15-10-9-13(2)18(11-15)22-19(24)14(3)23(29(4,26)27)17-8-6-7-16(21)12-17/h6-12,14H,5H2,1-4H3,(H,22,24). The van der Waals surface area contributed by atoms with E-state index in [-0.39, 0.29) is 17.9 Å². The lowest BCUT2D eigenvalue weighted by atomic mass is 10.1. The summed E-state index contributed by atoms with van der Waals surface area (Å²) in [7, 11) is -3.77. The fourth-order valence-corrected chi connectivity index (χ4v) is 4.11. The smallest absolute Gasteiger partial charge is 0.338 e. The molecule has 0 heterocycles. The number of carbonyl (C=O) groups excluding carboxylic acids is 2. The normalized spacial score (nSPS) is 12.2. The number of hydrogen-bond acceptors (Lipinski definition) is 5. The van der Waals surface area contributed by atoms with Crippen molar-refractivity contribution in [3.63, 3.8) is 0 Å². The summed E-state index contributed by atoms with van der Waals surface area (Å²) in [4.78, 5) is 24.8. The molecule has 1 amide bonds. The van der Waals surface area contributed by atoms with Crippen molar-refractivity contribution in [3.05, 3.63) is 58.6 Å². The molecule has 0 saturated carbocycles. The van der Waals surface area contributed by atoms with Crippen LogP contribution in [0.4, 0.5) is 11.4 Å². The van der Waals surface area contributed by atoms with Crippen LogP contribution in [-0.4, -0.2) is 39.2 Å². The molecule has 0 saturated heterocycles. The first-order chi connectivity index (χ1) is 13.5. The van der Waals surface area contributed by atoms with Gasteiger partial charge in [0.25, 0.3) is 0 Å². The average molecular weight is 439 g/mol. The third kappa shape index (κ3) is 5.71. The second-order valence-corrected chi connectivity index (χ2v) is 8.75. The van der Waals surface area contributed by atoms with Crippen molar-refractivity contribution < 1.29 is 22.7 Å². The van der Waals surface area contributed by atoms with Gasteiger partial charge in [-0.2, -0.15) is 0 Å². The maximum atomic E-state index is 12.9. The van der Waals surface area contributed by atoms with Crippen LogP contribution in [0.25, 0.3) is 0 Å². The lowest BCUT2D eigenvalue weighted by molar-refractivity contribution is -0.116. The number of nitrogens with one attached hydrogen (secondary N) is 1. The maximum Gasteiger partial charge on any atom is 0.338 e. The van der Waals surface area contributed by atoms with Crippen molar-refractivity contribution in [2.24, 2.45) is 0 Å². The molecule has 1 unspecified atom stereocenters. The highest BCUT2D eigenvalue weighted by Crippen LogP contribution is 2.25. The molecule has 2 aromatic carbocycles. The summed E-state index contributed by atoms with van der Waals surface area (Å²) in [5, 5.41) is 3.05. The second-order valence-electron chi connectivity index (χ2n) is 6.45. The molecule has 9 heteroatoms. The van der Waals surface area contributed by atoms with Crippen molar-refractivity contribution in [2.75, 3.05) is 22.5 Å². The van der Waals surface area contributed by atoms with E-state index in [0.717, 1.165) is 10.6 Å². The Balaban J connectivity index is 2.33. The number of hydrogen-bond donors (Lipinski definition) is 1. The fourth-order valence-electron chi connectivity index (χ4n) is 2.76. The van der Waals surface area contributed by atoms with Gasteiger partial charge in [0.2, 0.25) is 15.9 Å². The Morgan fingerprint density at radius 1 is 1.21 bits per heavy atom. The Bertz CT molecular complexity index is 1020. The molecular weight excluding hydrogens is 416 g/mol. The predicted octanol–water partition coefficient (Wildman–Crippen LogP) is 3.62. The molecule has 0 bridgehead atoms. The zero-order valence-electron chi connectivity index (χ0n) is 16.6. The number of carbonyl (C=O) groups is 2. The SMILES string of the molecule is CCOC(=O)c1ccc(C)c(NC(=O)C(C)N(c2cccc(Cl)c2)S(C)(=O)=O)c1. The monoisotopic (exact) mass is 438 g/mol. The van der Waals surface area contributed by atoms with Crippen LogP contribution in [0.15, 0.2) is 42.5 Å². The van der Waals surface area contributed by atoms with Gasteiger partial charge in [-0.3, -0.25) is 9.10 Å². The van der Waals surface area contributed by atoms with Gasteiger partial charge in [-0.25, -0.2) is 13.2 Å². The minimum Gasteiger partial charge on any atom is -0.462 e. The molecule has 1 N–H and O–H groups in total. The Hall–Kier alpha value is -2.58.